The van der Waals surface area contributed by atoms with Crippen LogP contribution in [0.5, 0.6) is 0 Å². The van der Waals surface area contributed by atoms with E-state index in [4.69, 9.17) is 4.74 Å². The molecule has 0 aromatic carbocycles. The molecule has 0 radical (unpaired) electrons. The molecule has 3 nitrogen and oxygen atoms in total. The molecule has 0 aromatic heterocycles. The van der Waals surface area contributed by atoms with Gasteiger partial charge in [-0.05, 0) is 38.6 Å². The molecule has 0 amide bonds. The second-order valence-electron chi connectivity index (χ2n) is 6.27. The first-order valence-electron chi connectivity index (χ1n) is 7.75. The van der Waals surface area contributed by atoms with Crippen molar-refractivity contribution in [2.24, 2.45) is 11.8 Å². The van der Waals surface area contributed by atoms with Gasteiger partial charge in [-0.2, -0.15) is 0 Å². The molecule has 0 aromatic rings. The number of nitrogens with one attached hydrogen (secondary N) is 1. The Labute approximate surface area is 112 Å². The maximum atomic E-state index is 5.70. The highest BCUT2D eigenvalue weighted by atomic mass is 16.5. The molecular weight excluding hydrogens is 224 g/mol. The van der Waals surface area contributed by atoms with Crippen LogP contribution in [0.2, 0.25) is 0 Å². The number of likely N-dealkylation sites (tertiary alicyclic amines) is 1. The second-order valence-corrected chi connectivity index (χ2v) is 6.27. The zero-order valence-electron chi connectivity index (χ0n) is 12.3. The Morgan fingerprint density at radius 1 is 1.22 bits per heavy atom. The van der Waals surface area contributed by atoms with Crippen LogP contribution in [0.3, 0.4) is 0 Å². The third kappa shape index (κ3) is 3.69. The molecule has 3 heteroatoms. The van der Waals surface area contributed by atoms with Crippen LogP contribution in [0.15, 0.2) is 0 Å². The van der Waals surface area contributed by atoms with Crippen molar-refractivity contribution in [3.05, 3.63) is 0 Å². The predicted octanol–water partition coefficient (Wildman–Crippen LogP) is 2.12. The van der Waals surface area contributed by atoms with Gasteiger partial charge in [-0.15, -0.1) is 0 Å². The molecule has 1 N–H and O–H groups in total. The maximum absolute atomic E-state index is 5.70. The highest BCUT2D eigenvalue weighted by Crippen LogP contribution is 2.24. The van der Waals surface area contributed by atoms with Gasteiger partial charge in [-0.25, -0.2) is 0 Å². The largest absolute Gasteiger partial charge is 0.381 e. The normalized spacial score (nSPS) is 38.8. The summed E-state index contributed by atoms with van der Waals surface area (Å²) in [7, 11) is 0. The average Bonchev–Trinajstić information content (AvgIpc) is 2.36. The van der Waals surface area contributed by atoms with Gasteiger partial charge in [0.05, 0.1) is 6.61 Å². The number of nitrogens with zero attached hydrogens (tertiary/aromatic N) is 1. The molecular formula is C15H30N2O. The van der Waals surface area contributed by atoms with E-state index in [2.05, 4.69) is 31.0 Å². The topological polar surface area (TPSA) is 24.5 Å². The molecule has 2 saturated heterocycles. The molecule has 18 heavy (non-hydrogen) atoms. The van der Waals surface area contributed by atoms with E-state index in [1.807, 2.05) is 0 Å². The van der Waals surface area contributed by atoms with Crippen molar-refractivity contribution < 1.29 is 4.74 Å². The summed E-state index contributed by atoms with van der Waals surface area (Å²) in [6.45, 7) is 12.4. The van der Waals surface area contributed by atoms with Crippen molar-refractivity contribution in [2.45, 2.75) is 52.1 Å². The van der Waals surface area contributed by atoms with E-state index < -0.39 is 0 Å². The van der Waals surface area contributed by atoms with Crippen LogP contribution in [-0.2, 0) is 4.74 Å². The van der Waals surface area contributed by atoms with Crippen LogP contribution < -0.4 is 5.32 Å². The van der Waals surface area contributed by atoms with Crippen LogP contribution in [0, 0.1) is 11.8 Å². The van der Waals surface area contributed by atoms with E-state index in [1.165, 1.54) is 32.4 Å². The Hall–Kier alpha value is -0.120. The van der Waals surface area contributed by atoms with Crippen molar-refractivity contribution in [2.75, 3.05) is 32.8 Å². The number of hydrogen-bond donors (Lipinski definition) is 1. The van der Waals surface area contributed by atoms with Crippen LogP contribution in [0.1, 0.15) is 40.0 Å². The first-order valence-corrected chi connectivity index (χ1v) is 7.75. The first-order chi connectivity index (χ1) is 8.70. The quantitative estimate of drug-likeness (QED) is 0.832. The molecule has 2 rings (SSSR count). The van der Waals surface area contributed by atoms with Gasteiger partial charge in [0, 0.05) is 37.7 Å². The Bertz CT molecular complexity index is 245. The van der Waals surface area contributed by atoms with Gasteiger partial charge in [-0.1, -0.05) is 13.8 Å². The van der Waals surface area contributed by atoms with Gasteiger partial charge in [0.1, 0.15) is 0 Å². The van der Waals surface area contributed by atoms with Gasteiger partial charge in [-0.3, -0.25) is 4.90 Å². The lowest BCUT2D eigenvalue weighted by molar-refractivity contribution is 0.00208. The Kier molecular flexibility index (Phi) is 5.46. The summed E-state index contributed by atoms with van der Waals surface area (Å²) in [6.07, 6.45) is 3.94. The first kappa shape index (κ1) is 14.3. The van der Waals surface area contributed by atoms with E-state index in [-0.39, 0.29) is 0 Å². The SMILES string of the molecule is CCNC1CCOCC1CN1CC(C)CCC1C. The highest BCUT2D eigenvalue weighted by molar-refractivity contribution is 4.85. The van der Waals surface area contributed by atoms with E-state index in [1.54, 1.807) is 0 Å². The van der Waals surface area contributed by atoms with Crippen molar-refractivity contribution in [3.8, 4) is 0 Å². The van der Waals surface area contributed by atoms with Crippen LogP contribution >= 0.6 is 0 Å². The molecule has 0 bridgehead atoms. The summed E-state index contributed by atoms with van der Waals surface area (Å²) in [5.74, 6) is 1.54. The summed E-state index contributed by atoms with van der Waals surface area (Å²) < 4.78 is 5.70. The van der Waals surface area contributed by atoms with E-state index in [9.17, 15) is 0 Å². The fourth-order valence-electron chi connectivity index (χ4n) is 3.44. The van der Waals surface area contributed by atoms with E-state index in [0.29, 0.717) is 12.0 Å². The molecule has 106 valence electrons. The molecule has 2 fully saturated rings. The molecule has 4 atom stereocenters. The number of piperidine rings is 1. The van der Waals surface area contributed by atoms with Crippen molar-refractivity contribution >= 4 is 0 Å². The molecule has 0 spiro atoms. The van der Waals surface area contributed by atoms with Crippen LogP contribution in [0.4, 0.5) is 0 Å². The molecule has 0 aliphatic carbocycles. The lowest BCUT2D eigenvalue weighted by atomic mass is 9.90. The van der Waals surface area contributed by atoms with Crippen molar-refractivity contribution in [1.82, 2.24) is 10.2 Å². The third-order valence-corrected chi connectivity index (χ3v) is 4.66. The van der Waals surface area contributed by atoms with Gasteiger partial charge in [0.25, 0.3) is 0 Å². The molecule has 2 aliphatic heterocycles. The fraction of sp³-hybridized carbons (Fsp3) is 1.00. The van der Waals surface area contributed by atoms with E-state index >= 15 is 0 Å². The van der Waals surface area contributed by atoms with Gasteiger partial charge < -0.3 is 10.1 Å². The smallest absolute Gasteiger partial charge is 0.0521 e. The summed E-state index contributed by atoms with van der Waals surface area (Å²) in [4.78, 5) is 2.69. The zero-order valence-corrected chi connectivity index (χ0v) is 12.3. The summed E-state index contributed by atoms with van der Waals surface area (Å²) in [5, 5.41) is 3.64. The van der Waals surface area contributed by atoms with Crippen LogP contribution in [-0.4, -0.2) is 49.8 Å². The minimum atomic E-state index is 0.660. The summed E-state index contributed by atoms with van der Waals surface area (Å²) >= 11 is 0. The number of rotatable bonds is 4. The molecule has 2 aliphatic rings. The van der Waals surface area contributed by atoms with E-state index in [0.717, 1.165) is 31.7 Å². The highest BCUT2D eigenvalue weighted by Gasteiger charge is 2.30. The Morgan fingerprint density at radius 3 is 2.83 bits per heavy atom. The summed E-state index contributed by atoms with van der Waals surface area (Å²) in [6, 6.07) is 1.42. The standard InChI is InChI=1S/C15H30N2O/c1-4-16-15-7-8-18-11-14(15)10-17-9-12(2)5-6-13(17)3/h12-16H,4-11H2,1-3H3. The van der Waals surface area contributed by atoms with Crippen LogP contribution in [0.25, 0.3) is 0 Å². The Balaban J connectivity index is 1.88. The zero-order chi connectivity index (χ0) is 13.0. The second kappa shape index (κ2) is 6.88. The molecule has 2 heterocycles. The maximum Gasteiger partial charge on any atom is 0.0521 e. The lowest BCUT2D eigenvalue weighted by Crippen LogP contribution is -2.51. The summed E-state index contributed by atoms with van der Waals surface area (Å²) in [5.41, 5.74) is 0. The van der Waals surface area contributed by atoms with Gasteiger partial charge >= 0.3 is 0 Å². The Morgan fingerprint density at radius 2 is 2.06 bits per heavy atom. The van der Waals surface area contributed by atoms with Gasteiger partial charge in [0.2, 0.25) is 0 Å². The number of ether oxygens (including phenoxy) is 1. The van der Waals surface area contributed by atoms with Crippen molar-refractivity contribution in [3.63, 3.8) is 0 Å². The lowest BCUT2D eigenvalue weighted by Gasteiger charge is -2.41. The molecule has 4 unspecified atom stereocenters. The van der Waals surface area contributed by atoms with Gasteiger partial charge in [0.15, 0.2) is 0 Å². The number of hydrogen-bond acceptors (Lipinski definition) is 3. The third-order valence-electron chi connectivity index (χ3n) is 4.66. The molecule has 0 saturated carbocycles. The predicted molar refractivity (Wildman–Crippen MR) is 75.8 cm³/mol. The minimum Gasteiger partial charge on any atom is -0.381 e. The average molecular weight is 254 g/mol. The fourth-order valence-corrected chi connectivity index (χ4v) is 3.44. The monoisotopic (exact) mass is 254 g/mol. The minimum absolute atomic E-state index is 0.660. The van der Waals surface area contributed by atoms with Crippen molar-refractivity contribution in [1.29, 1.82) is 0 Å².